The fraction of sp³-hybridized carbons (Fsp3) is 0.571. The normalized spacial score (nSPS) is 27.5. The minimum atomic E-state index is -3.58. The van der Waals surface area contributed by atoms with Gasteiger partial charge in [0.15, 0.2) is 0 Å². The van der Waals surface area contributed by atoms with Gasteiger partial charge in [0.25, 0.3) is 0 Å². The van der Waals surface area contributed by atoms with Crippen molar-refractivity contribution in [3.8, 4) is 0 Å². The van der Waals surface area contributed by atoms with E-state index in [0.717, 1.165) is 31.7 Å². The highest BCUT2D eigenvalue weighted by Gasteiger charge is 2.42. The predicted molar refractivity (Wildman–Crippen MR) is 78.4 cm³/mol. The third-order valence-corrected chi connectivity index (χ3v) is 7.02. The standard InChI is InChI=1S/C14H17BrFNO2S/c15-12-6-5-11(9-13(12)16)20(18,19)17-8-7-10-3-1-2-4-14(10)17/h5-6,9-10,14H,1-4,7-8H2. The molecule has 0 amide bonds. The summed E-state index contributed by atoms with van der Waals surface area (Å²) in [5.41, 5.74) is 0. The van der Waals surface area contributed by atoms with Crippen LogP contribution in [0.15, 0.2) is 27.6 Å². The summed E-state index contributed by atoms with van der Waals surface area (Å²) in [6.07, 6.45) is 5.26. The molecule has 6 heteroatoms. The first-order chi connectivity index (χ1) is 9.50. The Morgan fingerprint density at radius 1 is 1.20 bits per heavy atom. The third kappa shape index (κ3) is 2.42. The van der Waals surface area contributed by atoms with Gasteiger partial charge in [0.05, 0.1) is 9.37 Å². The van der Waals surface area contributed by atoms with E-state index in [0.29, 0.717) is 12.5 Å². The van der Waals surface area contributed by atoms with Crippen LogP contribution in [0.5, 0.6) is 0 Å². The van der Waals surface area contributed by atoms with Gasteiger partial charge in [0.2, 0.25) is 10.0 Å². The van der Waals surface area contributed by atoms with Gasteiger partial charge in [-0.25, -0.2) is 12.8 Å². The van der Waals surface area contributed by atoms with Crippen LogP contribution in [0.25, 0.3) is 0 Å². The molecular formula is C14H17BrFNO2S. The van der Waals surface area contributed by atoms with Crippen molar-refractivity contribution in [2.75, 3.05) is 6.54 Å². The monoisotopic (exact) mass is 361 g/mol. The summed E-state index contributed by atoms with van der Waals surface area (Å²) < 4.78 is 40.9. The maximum Gasteiger partial charge on any atom is 0.243 e. The number of hydrogen-bond acceptors (Lipinski definition) is 2. The average molecular weight is 362 g/mol. The Morgan fingerprint density at radius 3 is 2.70 bits per heavy atom. The van der Waals surface area contributed by atoms with Crippen molar-refractivity contribution in [1.29, 1.82) is 0 Å². The Bertz CT molecular complexity index is 620. The van der Waals surface area contributed by atoms with Crippen LogP contribution >= 0.6 is 15.9 Å². The van der Waals surface area contributed by atoms with Gasteiger partial charge < -0.3 is 0 Å². The molecule has 1 aliphatic heterocycles. The summed E-state index contributed by atoms with van der Waals surface area (Å²) in [6, 6.07) is 4.14. The van der Waals surface area contributed by atoms with Gasteiger partial charge in [-0.15, -0.1) is 0 Å². The fourth-order valence-electron chi connectivity index (χ4n) is 3.43. The zero-order chi connectivity index (χ0) is 14.3. The number of sulfonamides is 1. The third-order valence-electron chi connectivity index (χ3n) is 4.46. The van der Waals surface area contributed by atoms with Crippen LogP contribution in [-0.2, 0) is 10.0 Å². The molecule has 0 bridgehead atoms. The van der Waals surface area contributed by atoms with E-state index in [-0.39, 0.29) is 15.4 Å². The molecule has 0 radical (unpaired) electrons. The molecule has 0 spiro atoms. The molecular weight excluding hydrogens is 345 g/mol. The first-order valence-corrected chi connectivity index (χ1v) is 9.20. The quantitative estimate of drug-likeness (QED) is 0.807. The Balaban J connectivity index is 1.93. The highest BCUT2D eigenvalue weighted by molar-refractivity contribution is 9.10. The van der Waals surface area contributed by atoms with E-state index >= 15 is 0 Å². The van der Waals surface area contributed by atoms with E-state index in [1.807, 2.05) is 0 Å². The molecule has 2 aliphatic rings. The zero-order valence-electron chi connectivity index (χ0n) is 11.1. The van der Waals surface area contributed by atoms with E-state index in [4.69, 9.17) is 0 Å². The van der Waals surface area contributed by atoms with E-state index in [9.17, 15) is 12.8 Å². The van der Waals surface area contributed by atoms with Crippen molar-refractivity contribution in [3.63, 3.8) is 0 Å². The molecule has 110 valence electrons. The highest BCUT2D eigenvalue weighted by atomic mass is 79.9. The van der Waals surface area contributed by atoms with Crippen molar-refractivity contribution < 1.29 is 12.8 Å². The van der Waals surface area contributed by atoms with E-state index in [1.165, 1.54) is 18.6 Å². The van der Waals surface area contributed by atoms with Crippen LogP contribution < -0.4 is 0 Å². The summed E-state index contributed by atoms with van der Waals surface area (Å²) >= 11 is 3.05. The molecule has 3 rings (SSSR count). The lowest BCUT2D eigenvalue weighted by atomic mass is 9.86. The molecule has 1 aliphatic carbocycles. The van der Waals surface area contributed by atoms with E-state index < -0.39 is 15.8 Å². The maximum absolute atomic E-state index is 13.6. The van der Waals surface area contributed by atoms with Crippen molar-refractivity contribution in [2.24, 2.45) is 5.92 Å². The molecule has 1 aromatic carbocycles. The first-order valence-electron chi connectivity index (χ1n) is 6.97. The van der Waals surface area contributed by atoms with Crippen LogP contribution in [0.3, 0.4) is 0 Å². The van der Waals surface area contributed by atoms with Gasteiger partial charge in [0.1, 0.15) is 5.82 Å². The van der Waals surface area contributed by atoms with Crippen LogP contribution in [-0.4, -0.2) is 25.3 Å². The van der Waals surface area contributed by atoms with Crippen molar-refractivity contribution in [2.45, 2.75) is 43.0 Å². The Labute approximate surface area is 127 Å². The molecule has 2 fully saturated rings. The number of nitrogens with zero attached hydrogens (tertiary/aromatic N) is 1. The van der Waals surface area contributed by atoms with E-state index in [1.54, 1.807) is 4.31 Å². The minimum Gasteiger partial charge on any atom is -0.207 e. The van der Waals surface area contributed by atoms with Gasteiger partial charge in [-0.05, 0) is 59.3 Å². The average Bonchev–Trinajstić information content (AvgIpc) is 2.86. The van der Waals surface area contributed by atoms with Crippen molar-refractivity contribution >= 4 is 26.0 Å². The summed E-state index contributed by atoms with van der Waals surface area (Å²) in [7, 11) is -3.58. The molecule has 1 saturated heterocycles. The SMILES string of the molecule is O=S(=O)(c1ccc(Br)c(F)c1)N1CCC2CCCCC21. The second kappa shape index (κ2) is 5.39. The molecule has 20 heavy (non-hydrogen) atoms. The minimum absolute atomic E-state index is 0.0597. The van der Waals surface area contributed by atoms with Crippen LogP contribution in [0.4, 0.5) is 4.39 Å². The van der Waals surface area contributed by atoms with Gasteiger partial charge >= 0.3 is 0 Å². The number of fused-ring (bicyclic) bond motifs is 1. The summed E-state index contributed by atoms with van der Waals surface area (Å²) in [5.74, 6) is -0.0516. The molecule has 3 nitrogen and oxygen atoms in total. The Kier molecular flexibility index (Phi) is 3.90. The lowest BCUT2D eigenvalue weighted by Gasteiger charge is -2.31. The molecule has 0 aromatic heterocycles. The van der Waals surface area contributed by atoms with Crippen LogP contribution in [0.2, 0.25) is 0 Å². The second-order valence-corrected chi connectivity index (χ2v) is 8.34. The van der Waals surface area contributed by atoms with Crippen LogP contribution in [0, 0.1) is 11.7 Å². The molecule has 1 saturated carbocycles. The lowest BCUT2D eigenvalue weighted by Crippen LogP contribution is -2.39. The first kappa shape index (κ1) is 14.5. The smallest absolute Gasteiger partial charge is 0.207 e. The van der Waals surface area contributed by atoms with Crippen LogP contribution in [0.1, 0.15) is 32.1 Å². The van der Waals surface area contributed by atoms with Gasteiger partial charge in [-0.2, -0.15) is 4.31 Å². The predicted octanol–water partition coefficient (Wildman–Crippen LogP) is 3.54. The highest BCUT2D eigenvalue weighted by Crippen LogP contribution is 2.39. The second-order valence-electron chi connectivity index (χ2n) is 5.59. The lowest BCUT2D eigenvalue weighted by molar-refractivity contribution is 0.260. The molecule has 2 atom stereocenters. The molecule has 0 N–H and O–H groups in total. The molecule has 1 aromatic rings. The van der Waals surface area contributed by atoms with E-state index in [2.05, 4.69) is 15.9 Å². The fourth-order valence-corrected chi connectivity index (χ4v) is 5.42. The Hall–Kier alpha value is -0.460. The maximum atomic E-state index is 13.6. The molecule has 2 unspecified atom stereocenters. The molecule has 1 heterocycles. The van der Waals surface area contributed by atoms with Gasteiger partial charge in [-0.1, -0.05) is 12.8 Å². The number of benzene rings is 1. The van der Waals surface area contributed by atoms with Crippen molar-refractivity contribution in [1.82, 2.24) is 4.31 Å². The number of rotatable bonds is 2. The van der Waals surface area contributed by atoms with Crippen molar-refractivity contribution in [3.05, 3.63) is 28.5 Å². The summed E-state index contributed by atoms with van der Waals surface area (Å²) in [4.78, 5) is 0.0597. The number of halogens is 2. The largest absolute Gasteiger partial charge is 0.243 e. The van der Waals surface area contributed by atoms with Gasteiger partial charge in [-0.3, -0.25) is 0 Å². The van der Waals surface area contributed by atoms with Gasteiger partial charge in [0, 0.05) is 12.6 Å². The number of hydrogen-bond donors (Lipinski definition) is 0. The topological polar surface area (TPSA) is 37.4 Å². The Morgan fingerprint density at radius 2 is 1.95 bits per heavy atom. The summed E-state index contributed by atoms with van der Waals surface area (Å²) in [6.45, 7) is 0.565. The summed E-state index contributed by atoms with van der Waals surface area (Å²) in [5, 5.41) is 0. The zero-order valence-corrected chi connectivity index (χ0v) is 13.5.